The van der Waals surface area contributed by atoms with Crippen molar-refractivity contribution in [3.63, 3.8) is 0 Å². The van der Waals surface area contributed by atoms with Crippen LogP contribution >= 0.6 is 0 Å². The fraction of sp³-hybridized carbons (Fsp3) is 0.312. The van der Waals surface area contributed by atoms with Crippen LogP contribution in [0.1, 0.15) is 29.8 Å². The third-order valence-corrected chi connectivity index (χ3v) is 4.21. The van der Waals surface area contributed by atoms with Gasteiger partial charge in [0.05, 0.1) is 23.3 Å². The summed E-state index contributed by atoms with van der Waals surface area (Å²) in [4.78, 5) is 23.5. The first-order valence-electron chi connectivity index (χ1n) is 7.04. The lowest BCUT2D eigenvalue weighted by atomic mass is 10.1. The van der Waals surface area contributed by atoms with E-state index in [4.69, 9.17) is 0 Å². The molecule has 0 radical (unpaired) electrons. The molecule has 0 unspecified atom stereocenters. The number of nitrogens with zero attached hydrogens (tertiary/aromatic N) is 3. The van der Waals surface area contributed by atoms with Gasteiger partial charge in [0.2, 0.25) is 0 Å². The molecule has 4 rings (SSSR count). The van der Waals surface area contributed by atoms with E-state index < -0.39 is 0 Å². The molecule has 1 fully saturated rings. The molecule has 20 heavy (non-hydrogen) atoms. The van der Waals surface area contributed by atoms with Crippen molar-refractivity contribution in [2.24, 2.45) is 0 Å². The van der Waals surface area contributed by atoms with E-state index in [2.05, 4.69) is 22.1 Å². The van der Waals surface area contributed by atoms with Crippen LogP contribution < -0.4 is 0 Å². The van der Waals surface area contributed by atoms with E-state index in [0.29, 0.717) is 11.7 Å². The number of aromatic nitrogens is 2. The van der Waals surface area contributed by atoms with Crippen LogP contribution in [0.15, 0.2) is 42.6 Å². The molecule has 0 saturated carbocycles. The zero-order valence-corrected chi connectivity index (χ0v) is 11.1. The van der Waals surface area contributed by atoms with Crippen LogP contribution in [0, 0.1) is 0 Å². The van der Waals surface area contributed by atoms with Crippen molar-refractivity contribution in [2.45, 2.75) is 31.3 Å². The lowest BCUT2D eigenvalue weighted by Crippen LogP contribution is -2.42. The van der Waals surface area contributed by atoms with Gasteiger partial charge in [-0.05, 0) is 31.4 Å². The van der Waals surface area contributed by atoms with Gasteiger partial charge in [0.15, 0.2) is 0 Å². The van der Waals surface area contributed by atoms with Crippen molar-refractivity contribution in [3.8, 4) is 0 Å². The summed E-state index contributed by atoms with van der Waals surface area (Å²) in [5.41, 5.74) is 2.06. The SMILES string of the molecule is O=C(c1cnc2ccccc2n1)N1[C@H]2CC=C[C@H]1CC2. The number of para-hydroxylation sites is 2. The summed E-state index contributed by atoms with van der Waals surface area (Å²) >= 11 is 0. The fourth-order valence-electron chi connectivity index (χ4n) is 3.23. The van der Waals surface area contributed by atoms with E-state index in [9.17, 15) is 4.79 Å². The van der Waals surface area contributed by atoms with Gasteiger partial charge in [0.1, 0.15) is 5.69 Å². The maximum Gasteiger partial charge on any atom is 0.274 e. The normalized spacial score (nSPS) is 24.3. The summed E-state index contributed by atoms with van der Waals surface area (Å²) in [5, 5.41) is 0. The summed E-state index contributed by atoms with van der Waals surface area (Å²) in [7, 11) is 0. The number of carbonyl (C=O) groups excluding carboxylic acids is 1. The standard InChI is InChI=1S/C16H15N3O/c20-16(19-11-4-3-5-12(19)9-8-11)15-10-17-13-6-1-2-7-14(13)18-15/h1-4,6-7,10-12H,5,8-9H2/t11-,12-/m0/s1. The molecule has 3 heterocycles. The molecule has 100 valence electrons. The second-order valence-electron chi connectivity index (χ2n) is 5.42. The molecule has 2 aliphatic heterocycles. The zero-order chi connectivity index (χ0) is 13.5. The van der Waals surface area contributed by atoms with Gasteiger partial charge in [-0.3, -0.25) is 9.78 Å². The maximum atomic E-state index is 12.7. The van der Waals surface area contributed by atoms with Gasteiger partial charge < -0.3 is 4.90 Å². The smallest absolute Gasteiger partial charge is 0.274 e. The first-order valence-corrected chi connectivity index (χ1v) is 7.04. The molecular weight excluding hydrogens is 250 g/mol. The molecule has 4 heteroatoms. The Kier molecular flexibility index (Phi) is 2.55. The second-order valence-corrected chi connectivity index (χ2v) is 5.42. The molecule has 0 spiro atoms. The van der Waals surface area contributed by atoms with Crippen LogP contribution in [0.5, 0.6) is 0 Å². The maximum absolute atomic E-state index is 12.7. The highest BCUT2D eigenvalue weighted by molar-refractivity contribution is 5.94. The summed E-state index contributed by atoms with van der Waals surface area (Å²) in [6.45, 7) is 0. The molecule has 1 saturated heterocycles. The van der Waals surface area contributed by atoms with Crippen LogP contribution in [0.25, 0.3) is 11.0 Å². The summed E-state index contributed by atoms with van der Waals surface area (Å²) in [6, 6.07) is 8.22. The van der Waals surface area contributed by atoms with E-state index in [1.807, 2.05) is 29.2 Å². The third kappa shape index (κ3) is 1.72. The molecule has 2 aliphatic rings. The Bertz CT molecular complexity index is 710. The highest BCUT2D eigenvalue weighted by Gasteiger charge is 2.38. The van der Waals surface area contributed by atoms with Gasteiger partial charge in [-0.1, -0.05) is 24.3 Å². The summed E-state index contributed by atoms with van der Waals surface area (Å²) in [5.74, 6) is 0.0140. The highest BCUT2D eigenvalue weighted by Crippen LogP contribution is 2.32. The van der Waals surface area contributed by atoms with Crippen molar-refractivity contribution in [2.75, 3.05) is 0 Å². The summed E-state index contributed by atoms with van der Waals surface area (Å²) in [6.07, 6.45) is 9.05. The number of rotatable bonds is 1. The van der Waals surface area contributed by atoms with Crippen LogP contribution in [0.4, 0.5) is 0 Å². The van der Waals surface area contributed by atoms with Gasteiger partial charge in [-0.2, -0.15) is 0 Å². The molecular formula is C16H15N3O. The molecule has 1 aromatic carbocycles. The predicted octanol–water partition coefficient (Wildman–Crippen LogP) is 2.56. The van der Waals surface area contributed by atoms with Crippen molar-refractivity contribution in [1.29, 1.82) is 0 Å². The lowest BCUT2D eigenvalue weighted by molar-refractivity contribution is 0.0683. The second kappa shape index (κ2) is 4.40. The molecule has 4 nitrogen and oxygen atoms in total. The van der Waals surface area contributed by atoms with Gasteiger partial charge in [-0.15, -0.1) is 0 Å². The minimum Gasteiger partial charge on any atom is -0.328 e. The number of carbonyl (C=O) groups is 1. The van der Waals surface area contributed by atoms with Gasteiger partial charge in [-0.25, -0.2) is 4.98 Å². The Balaban J connectivity index is 1.72. The molecule has 1 aromatic heterocycles. The Hall–Kier alpha value is -2.23. The van der Waals surface area contributed by atoms with Crippen LogP contribution in [0.3, 0.4) is 0 Å². The Morgan fingerprint density at radius 2 is 2.05 bits per heavy atom. The largest absolute Gasteiger partial charge is 0.328 e. The Labute approximate surface area is 117 Å². The molecule has 1 amide bonds. The van der Waals surface area contributed by atoms with Gasteiger partial charge >= 0.3 is 0 Å². The monoisotopic (exact) mass is 265 g/mol. The van der Waals surface area contributed by atoms with Crippen molar-refractivity contribution in [3.05, 3.63) is 48.3 Å². The summed E-state index contributed by atoms with van der Waals surface area (Å²) < 4.78 is 0. The first kappa shape index (κ1) is 11.6. The molecule has 0 N–H and O–H groups in total. The van der Waals surface area contributed by atoms with Crippen molar-refractivity contribution >= 4 is 16.9 Å². The number of hydrogen-bond donors (Lipinski definition) is 0. The van der Waals surface area contributed by atoms with Crippen molar-refractivity contribution < 1.29 is 4.79 Å². The Morgan fingerprint density at radius 3 is 2.90 bits per heavy atom. The molecule has 2 atom stereocenters. The van der Waals surface area contributed by atoms with Crippen LogP contribution in [0.2, 0.25) is 0 Å². The average molecular weight is 265 g/mol. The van der Waals surface area contributed by atoms with Gasteiger partial charge in [0, 0.05) is 6.04 Å². The number of hydrogen-bond acceptors (Lipinski definition) is 3. The van der Waals surface area contributed by atoms with Crippen LogP contribution in [-0.4, -0.2) is 32.9 Å². The number of amides is 1. The quantitative estimate of drug-likeness (QED) is 0.744. The van der Waals surface area contributed by atoms with Crippen LogP contribution in [-0.2, 0) is 0 Å². The predicted molar refractivity (Wildman–Crippen MR) is 76.3 cm³/mol. The average Bonchev–Trinajstić information content (AvgIpc) is 2.75. The lowest BCUT2D eigenvalue weighted by Gasteiger charge is -2.31. The Morgan fingerprint density at radius 1 is 1.20 bits per heavy atom. The number of benzene rings is 1. The first-order chi connectivity index (χ1) is 9.83. The van der Waals surface area contributed by atoms with E-state index in [-0.39, 0.29) is 11.9 Å². The van der Waals surface area contributed by atoms with E-state index in [1.165, 1.54) is 0 Å². The van der Waals surface area contributed by atoms with E-state index in [0.717, 1.165) is 30.3 Å². The minimum atomic E-state index is 0.0140. The molecule has 2 bridgehead atoms. The fourth-order valence-corrected chi connectivity index (χ4v) is 3.23. The van der Waals surface area contributed by atoms with Gasteiger partial charge in [0.25, 0.3) is 5.91 Å². The number of fused-ring (bicyclic) bond motifs is 3. The van der Waals surface area contributed by atoms with E-state index in [1.54, 1.807) is 6.20 Å². The highest BCUT2D eigenvalue weighted by atomic mass is 16.2. The topological polar surface area (TPSA) is 46.1 Å². The molecule has 0 aliphatic carbocycles. The van der Waals surface area contributed by atoms with Crippen molar-refractivity contribution in [1.82, 2.24) is 14.9 Å². The minimum absolute atomic E-state index is 0.0140. The van der Waals surface area contributed by atoms with E-state index >= 15 is 0 Å². The third-order valence-electron chi connectivity index (χ3n) is 4.21. The molecule has 2 aromatic rings. The zero-order valence-electron chi connectivity index (χ0n) is 11.1.